The lowest BCUT2D eigenvalue weighted by Crippen LogP contribution is -2.29. The molecule has 3 heterocycles. The number of aliphatic hydroxyl groups excluding tert-OH is 1. The van der Waals surface area contributed by atoms with E-state index < -0.39 is 6.10 Å². The van der Waals surface area contributed by atoms with Gasteiger partial charge in [0, 0.05) is 35.0 Å². The van der Waals surface area contributed by atoms with Crippen LogP contribution >= 0.6 is 11.3 Å². The van der Waals surface area contributed by atoms with Crippen LogP contribution in [0.4, 0.5) is 4.39 Å². The first kappa shape index (κ1) is 19.1. The molecule has 6 nitrogen and oxygen atoms in total. The Hall–Kier alpha value is -3.23. The number of aryl methyl sites for hydroxylation is 1. The monoisotopic (exact) mass is 411 g/mol. The molecule has 1 amide bonds. The number of carbonyl (C=O) groups excluding carboxylic acids is 1. The molecule has 1 aromatic carbocycles. The molecule has 0 fully saturated rings. The zero-order valence-electron chi connectivity index (χ0n) is 15.5. The molecular formula is C21H18FN3O3S. The Morgan fingerprint density at radius 2 is 2.07 bits per heavy atom. The van der Waals surface area contributed by atoms with Gasteiger partial charge in [-0.3, -0.25) is 9.48 Å². The minimum atomic E-state index is -0.836. The number of benzene rings is 1. The quantitative estimate of drug-likeness (QED) is 0.502. The number of nitrogens with zero attached hydrogens (tertiary/aromatic N) is 2. The molecule has 0 saturated carbocycles. The van der Waals surface area contributed by atoms with E-state index >= 15 is 0 Å². The van der Waals surface area contributed by atoms with Gasteiger partial charge in [-0.1, -0.05) is 0 Å². The fourth-order valence-corrected chi connectivity index (χ4v) is 3.80. The van der Waals surface area contributed by atoms with E-state index in [4.69, 9.17) is 4.42 Å². The van der Waals surface area contributed by atoms with Gasteiger partial charge in [0.1, 0.15) is 23.4 Å². The van der Waals surface area contributed by atoms with E-state index in [9.17, 15) is 14.3 Å². The highest BCUT2D eigenvalue weighted by molar-refractivity contribution is 7.10. The number of rotatable bonds is 6. The number of aliphatic hydroxyl groups is 1. The van der Waals surface area contributed by atoms with E-state index in [-0.39, 0.29) is 18.3 Å². The number of hydrogen-bond acceptors (Lipinski definition) is 5. The van der Waals surface area contributed by atoms with Crippen molar-refractivity contribution in [3.05, 3.63) is 76.6 Å². The average Bonchev–Trinajstić information content (AvgIpc) is 3.46. The molecule has 4 aromatic rings. The third kappa shape index (κ3) is 4.13. The van der Waals surface area contributed by atoms with Gasteiger partial charge in [0.05, 0.1) is 12.0 Å². The van der Waals surface area contributed by atoms with E-state index in [1.807, 2.05) is 17.5 Å². The highest BCUT2D eigenvalue weighted by Crippen LogP contribution is 2.29. The van der Waals surface area contributed by atoms with Crippen molar-refractivity contribution in [1.29, 1.82) is 0 Å². The van der Waals surface area contributed by atoms with Crippen molar-refractivity contribution >= 4 is 17.2 Å². The van der Waals surface area contributed by atoms with Gasteiger partial charge >= 0.3 is 0 Å². The summed E-state index contributed by atoms with van der Waals surface area (Å²) in [6, 6.07) is 13.0. The molecule has 8 heteroatoms. The number of hydrogen-bond donors (Lipinski definition) is 2. The van der Waals surface area contributed by atoms with E-state index in [0.717, 1.165) is 16.2 Å². The lowest BCUT2D eigenvalue weighted by molar-refractivity contribution is 0.0908. The molecule has 2 N–H and O–H groups in total. The lowest BCUT2D eigenvalue weighted by Gasteiger charge is -2.10. The predicted octanol–water partition coefficient (Wildman–Crippen LogP) is 4.01. The Labute approximate surface area is 170 Å². The highest BCUT2D eigenvalue weighted by atomic mass is 32.1. The molecule has 0 aliphatic heterocycles. The number of amides is 1. The summed E-state index contributed by atoms with van der Waals surface area (Å²) in [6.07, 6.45) is 0.759. The fourth-order valence-electron chi connectivity index (χ4n) is 2.92. The van der Waals surface area contributed by atoms with Gasteiger partial charge in [-0.2, -0.15) is 5.10 Å². The topological polar surface area (TPSA) is 80.3 Å². The third-order valence-corrected chi connectivity index (χ3v) is 5.50. The molecule has 29 heavy (non-hydrogen) atoms. The molecule has 0 spiro atoms. The van der Waals surface area contributed by atoms with Crippen LogP contribution in [0.5, 0.6) is 0 Å². The summed E-state index contributed by atoms with van der Waals surface area (Å²) in [6.45, 7) is 0.0635. The Bertz CT molecular complexity index is 1120. The smallest absolute Gasteiger partial charge is 0.269 e. The maximum Gasteiger partial charge on any atom is 0.269 e. The number of thiophene rings is 1. The zero-order valence-corrected chi connectivity index (χ0v) is 16.3. The van der Waals surface area contributed by atoms with Crippen molar-refractivity contribution in [3.8, 4) is 22.6 Å². The summed E-state index contributed by atoms with van der Waals surface area (Å²) in [7, 11) is 1.66. The van der Waals surface area contributed by atoms with Crippen molar-refractivity contribution in [2.45, 2.75) is 6.10 Å². The van der Waals surface area contributed by atoms with Crippen molar-refractivity contribution in [3.63, 3.8) is 0 Å². The van der Waals surface area contributed by atoms with Crippen LogP contribution in [0.25, 0.3) is 22.6 Å². The predicted molar refractivity (Wildman–Crippen MR) is 108 cm³/mol. The van der Waals surface area contributed by atoms with Gasteiger partial charge in [0.15, 0.2) is 0 Å². The van der Waals surface area contributed by atoms with Crippen LogP contribution in [0.3, 0.4) is 0 Å². The molecule has 0 aliphatic carbocycles. The van der Waals surface area contributed by atoms with Crippen molar-refractivity contribution < 1.29 is 18.7 Å². The van der Waals surface area contributed by atoms with Gasteiger partial charge in [0.25, 0.3) is 5.91 Å². The number of furan rings is 1. The number of halogens is 1. The summed E-state index contributed by atoms with van der Waals surface area (Å²) >= 11 is 1.40. The van der Waals surface area contributed by atoms with Crippen LogP contribution in [0, 0.1) is 5.82 Å². The fraction of sp³-hybridized carbons (Fsp3) is 0.143. The van der Waals surface area contributed by atoms with Crippen LogP contribution in [0.1, 0.15) is 21.5 Å². The second kappa shape index (κ2) is 8.02. The molecule has 148 valence electrons. The molecule has 0 radical (unpaired) electrons. The molecular weight excluding hydrogens is 393 g/mol. The largest absolute Gasteiger partial charge is 0.464 e. The maximum absolute atomic E-state index is 13.1. The molecule has 0 bridgehead atoms. The lowest BCUT2D eigenvalue weighted by atomic mass is 10.1. The minimum Gasteiger partial charge on any atom is -0.464 e. The molecule has 0 saturated heterocycles. The first-order chi connectivity index (χ1) is 14.0. The zero-order chi connectivity index (χ0) is 20.4. The summed E-state index contributed by atoms with van der Waals surface area (Å²) in [5, 5.41) is 19.4. The second-order valence-electron chi connectivity index (χ2n) is 6.49. The second-order valence-corrected chi connectivity index (χ2v) is 7.43. The minimum absolute atomic E-state index is 0.0635. The third-order valence-electron chi connectivity index (χ3n) is 4.46. The van der Waals surface area contributed by atoms with Gasteiger partial charge in [-0.15, -0.1) is 11.3 Å². The summed E-state index contributed by atoms with van der Waals surface area (Å²) in [4.78, 5) is 13.3. The number of nitrogens with one attached hydrogen (secondary N) is 1. The van der Waals surface area contributed by atoms with Crippen LogP contribution in [0.2, 0.25) is 0 Å². The Kier molecular flexibility index (Phi) is 5.28. The van der Waals surface area contributed by atoms with Crippen molar-refractivity contribution in [2.24, 2.45) is 7.05 Å². The van der Waals surface area contributed by atoms with Crippen LogP contribution < -0.4 is 5.32 Å². The first-order valence-electron chi connectivity index (χ1n) is 8.90. The molecule has 1 atom stereocenters. The standard InChI is InChI=1S/C21H18FN3O3S/c1-25-17(10-16(24-25)13-4-6-15(22)7-5-13)21(27)23-11-18(26)20-9-14(12-29-20)19-3-2-8-28-19/h2-10,12,18,26H,11H2,1H3,(H,23,27). The SMILES string of the molecule is Cn1nc(-c2ccc(F)cc2)cc1C(=O)NCC(O)c1cc(-c2ccco2)cs1. The maximum atomic E-state index is 13.1. The molecule has 4 rings (SSSR count). The van der Waals surface area contributed by atoms with Gasteiger partial charge in [-0.05, 0) is 48.5 Å². The summed E-state index contributed by atoms with van der Waals surface area (Å²) in [5.41, 5.74) is 2.51. The average molecular weight is 411 g/mol. The van der Waals surface area contributed by atoms with Crippen molar-refractivity contribution in [2.75, 3.05) is 6.54 Å². The van der Waals surface area contributed by atoms with E-state index in [1.165, 1.54) is 28.2 Å². The normalized spacial score (nSPS) is 12.1. The van der Waals surface area contributed by atoms with Crippen molar-refractivity contribution in [1.82, 2.24) is 15.1 Å². The Balaban J connectivity index is 1.41. The molecule has 3 aromatic heterocycles. The van der Waals surface area contributed by atoms with E-state index in [1.54, 1.807) is 37.6 Å². The number of carbonyl (C=O) groups is 1. The van der Waals surface area contributed by atoms with E-state index in [0.29, 0.717) is 17.0 Å². The van der Waals surface area contributed by atoms with Gasteiger partial charge in [-0.25, -0.2) is 4.39 Å². The number of aromatic nitrogens is 2. The summed E-state index contributed by atoms with van der Waals surface area (Å²) in [5.74, 6) is 0.0441. The van der Waals surface area contributed by atoms with Gasteiger partial charge in [0.2, 0.25) is 0 Å². The molecule has 0 aliphatic rings. The van der Waals surface area contributed by atoms with Gasteiger partial charge < -0.3 is 14.8 Å². The molecule has 1 unspecified atom stereocenters. The van der Waals surface area contributed by atoms with Crippen LogP contribution in [-0.4, -0.2) is 27.3 Å². The first-order valence-corrected chi connectivity index (χ1v) is 9.78. The van der Waals surface area contributed by atoms with E-state index in [2.05, 4.69) is 10.4 Å². The summed E-state index contributed by atoms with van der Waals surface area (Å²) < 4.78 is 19.9. The van der Waals surface area contributed by atoms with Crippen LogP contribution in [-0.2, 0) is 7.05 Å². The highest BCUT2D eigenvalue weighted by Gasteiger charge is 2.17. The Morgan fingerprint density at radius 1 is 1.28 bits per heavy atom. The Morgan fingerprint density at radius 3 is 2.79 bits per heavy atom. The van der Waals surface area contributed by atoms with Crippen LogP contribution in [0.15, 0.2) is 64.6 Å².